The topological polar surface area (TPSA) is 62.1 Å². The van der Waals surface area contributed by atoms with E-state index in [2.05, 4.69) is 15.1 Å². The fraction of sp³-hybridized carbons (Fsp3) is 0.192. The predicted molar refractivity (Wildman–Crippen MR) is 125 cm³/mol. The first-order valence-corrected chi connectivity index (χ1v) is 10.9. The maximum absolute atomic E-state index is 14.9. The average molecular weight is 498 g/mol. The minimum absolute atomic E-state index is 0.0118. The Hall–Kier alpha value is -4.05. The molecule has 0 aliphatic heterocycles. The fourth-order valence-corrected chi connectivity index (χ4v) is 3.52. The molecule has 0 unspecified atom stereocenters. The van der Waals surface area contributed by atoms with Crippen molar-refractivity contribution in [2.45, 2.75) is 19.7 Å². The maximum atomic E-state index is 14.9. The molecule has 6 nitrogen and oxygen atoms in total. The molecule has 0 atom stereocenters. The first kappa shape index (κ1) is 25.1. The first-order chi connectivity index (χ1) is 17.2. The van der Waals surface area contributed by atoms with Crippen LogP contribution in [0.2, 0.25) is 0 Å². The van der Waals surface area contributed by atoms with Gasteiger partial charge in [-0.15, -0.1) is 0 Å². The van der Waals surface area contributed by atoms with Crippen molar-refractivity contribution in [3.63, 3.8) is 0 Å². The standard InChI is InChI=1S/C26H22F4N4O2/c1-17-32-24(13-25(33-17)35-2)34-15-19(14-31-34)21(10-11-36-16-18-6-4-3-5-7-18)22-9-8-20(12-23(22)27)26(28,29)30/h3-10,12-15H,11,16H2,1-2H3/b21-10+. The molecule has 0 radical (unpaired) electrons. The van der Waals surface area contributed by atoms with Crippen LogP contribution < -0.4 is 4.74 Å². The fourth-order valence-electron chi connectivity index (χ4n) is 3.52. The largest absolute Gasteiger partial charge is 0.481 e. The van der Waals surface area contributed by atoms with Gasteiger partial charge in [0, 0.05) is 23.4 Å². The number of aryl methyl sites for hydroxylation is 1. The van der Waals surface area contributed by atoms with E-state index in [0.717, 1.165) is 17.7 Å². The highest BCUT2D eigenvalue weighted by Gasteiger charge is 2.31. The Balaban J connectivity index is 1.67. The van der Waals surface area contributed by atoms with Crippen LogP contribution >= 0.6 is 0 Å². The number of ether oxygens (including phenoxy) is 2. The van der Waals surface area contributed by atoms with Gasteiger partial charge in [0.15, 0.2) is 5.82 Å². The molecule has 0 N–H and O–H groups in total. The number of alkyl halides is 3. The van der Waals surface area contributed by atoms with Crippen LogP contribution in [0.1, 0.15) is 28.1 Å². The zero-order chi connectivity index (χ0) is 25.7. The molecule has 0 aliphatic carbocycles. The van der Waals surface area contributed by atoms with Crippen molar-refractivity contribution >= 4 is 5.57 Å². The van der Waals surface area contributed by atoms with Crippen molar-refractivity contribution in [2.24, 2.45) is 0 Å². The van der Waals surface area contributed by atoms with Crippen molar-refractivity contribution < 1.29 is 27.0 Å². The molecular formula is C26H22F4N4O2. The van der Waals surface area contributed by atoms with Crippen molar-refractivity contribution in [2.75, 3.05) is 13.7 Å². The Kier molecular flexibility index (Phi) is 7.44. The second kappa shape index (κ2) is 10.7. The highest BCUT2D eigenvalue weighted by molar-refractivity contribution is 5.79. The van der Waals surface area contributed by atoms with E-state index in [1.165, 1.54) is 18.0 Å². The summed E-state index contributed by atoms with van der Waals surface area (Å²) in [6.07, 6.45) is 0.0318. The van der Waals surface area contributed by atoms with Crippen LogP contribution in [0.15, 0.2) is 73.1 Å². The van der Waals surface area contributed by atoms with Gasteiger partial charge in [0.2, 0.25) is 5.88 Å². The number of benzene rings is 2. The minimum atomic E-state index is -4.66. The normalized spacial score (nSPS) is 12.1. The van der Waals surface area contributed by atoms with Gasteiger partial charge >= 0.3 is 6.18 Å². The Labute approximate surface area is 204 Å². The molecule has 2 aromatic heterocycles. The molecule has 0 aliphatic rings. The summed E-state index contributed by atoms with van der Waals surface area (Å²) in [4.78, 5) is 8.47. The number of halogens is 4. The van der Waals surface area contributed by atoms with E-state index < -0.39 is 17.6 Å². The third-order valence-electron chi connectivity index (χ3n) is 5.24. The van der Waals surface area contributed by atoms with Crippen molar-refractivity contribution in [1.29, 1.82) is 0 Å². The van der Waals surface area contributed by atoms with Crippen LogP contribution in [0.25, 0.3) is 11.4 Å². The summed E-state index contributed by atoms with van der Waals surface area (Å²) in [6, 6.07) is 13.5. The molecule has 0 fully saturated rings. The van der Waals surface area contributed by atoms with Crippen LogP contribution in [-0.4, -0.2) is 33.5 Å². The number of nitrogens with zero attached hydrogens (tertiary/aromatic N) is 4. The van der Waals surface area contributed by atoms with Crippen LogP contribution in [0.3, 0.4) is 0 Å². The third-order valence-corrected chi connectivity index (χ3v) is 5.24. The van der Waals surface area contributed by atoms with E-state index in [1.54, 1.807) is 25.3 Å². The van der Waals surface area contributed by atoms with Crippen molar-refractivity contribution in [3.8, 4) is 11.7 Å². The third kappa shape index (κ3) is 5.95. The van der Waals surface area contributed by atoms with E-state index in [9.17, 15) is 17.6 Å². The SMILES string of the molecule is COc1cc(-n2cc(/C(=C\COCc3ccccc3)c3ccc(C(F)(F)F)cc3F)cn2)nc(C)n1. The molecule has 0 spiro atoms. The van der Waals surface area contributed by atoms with E-state index in [0.29, 0.717) is 41.3 Å². The van der Waals surface area contributed by atoms with Crippen LogP contribution in [0.4, 0.5) is 17.6 Å². The van der Waals surface area contributed by atoms with Crippen LogP contribution in [0.5, 0.6) is 5.88 Å². The van der Waals surface area contributed by atoms with E-state index >= 15 is 0 Å². The molecule has 0 bridgehead atoms. The Morgan fingerprint density at radius 2 is 1.83 bits per heavy atom. The molecule has 0 saturated carbocycles. The van der Waals surface area contributed by atoms with Gasteiger partial charge in [-0.05, 0) is 30.2 Å². The second-order valence-electron chi connectivity index (χ2n) is 7.80. The summed E-state index contributed by atoms with van der Waals surface area (Å²) in [5, 5.41) is 4.30. The van der Waals surface area contributed by atoms with Crippen molar-refractivity contribution in [1.82, 2.24) is 19.7 Å². The van der Waals surface area contributed by atoms with Gasteiger partial charge in [-0.3, -0.25) is 0 Å². The summed E-state index contributed by atoms with van der Waals surface area (Å²) in [5.41, 5.74) is 0.671. The molecule has 0 saturated heterocycles. The molecule has 2 aromatic carbocycles. The van der Waals surface area contributed by atoms with Gasteiger partial charge in [0.1, 0.15) is 11.6 Å². The molecule has 186 valence electrons. The van der Waals surface area contributed by atoms with Gasteiger partial charge in [0.25, 0.3) is 0 Å². The highest BCUT2D eigenvalue weighted by Crippen LogP contribution is 2.33. The lowest BCUT2D eigenvalue weighted by molar-refractivity contribution is -0.137. The van der Waals surface area contributed by atoms with Gasteiger partial charge in [-0.1, -0.05) is 42.5 Å². The molecule has 2 heterocycles. The number of hydrogen-bond donors (Lipinski definition) is 0. The lowest BCUT2D eigenvalue weighted by Crippen LogP contribution is -2.06. The molecular weight excluding hydrogens is 476 g/mol. The summed E-state index contributed by atoms with van der Waals surface area (Å²) >= 11 is 0. The summed E-state index contributed by atoms with van der Waals surface area (Å²) < 4.78 is 66.5. The summed E-state index contributed by atoms with van der Waals surface area (Å²) in [5.74, 6) is 0.207. The van der Waals surface area contributed by atoms with Gasteiger partial charge in [-0.25, -0.2) is 14.1 Å². The van der Waals surface area contributed by atoms with E-state index in [4.69, 9.17) is 9.47 Å². The Bertz CT molecular complexity index is 1370. The lowest BCUT2D eigenvalue weighted by Gasteiger charge is -2.12. The zero-order valence-electron chi connectivity index (χ0n) is 19.5. The van der Waals surface area contributed by atoms with Crippen LogP contribution in [0, 0.1) is 12.7 Å². The molecule has 0 amide bonds. The van der Waals surface area contributed by atoms with Gasteiger partial charge in [-0.2, -0.15) is 23.3 Å². The highest BCUT2D eigenvalue weighted by atomic mass is 19.4. The molecule has 4 aromatic rings. The second-order valence-corrected chi connectivity index (χ2v) is 7.80. The van der Waals surface area contributed by atoms with Crippen molar-refractivity contribution in [3.05, 3.63) is 107 Å². The number of hydrogen-bond acceptors (Lipinski definition) is 5. The minimum Gasteiger partial charge on any atom is -0.481 e. The molecule has 10 heteroatoms. The Morgan fingerprint density at radius 1 is 1.06 bits per heavy atom. The smallest absolute Gasteiger partial charge is 0.416 e. The van der Waals surface area contributed by atoms with E-state index in [-0.39, 0.29) is 12.2 Å². The number of rotatable bonds is 8. The summed E-state index contributed by atoms with van der Waals surface area (Å²) in [7, 11) is 1.48. The Morgan fingerprint density at radius 3 is 2.53 bits per heavy atom. The predicted octanol–water partition coefficient (Wildman–Crippen LogP) is 5.79. The zero-order valence-corrected chi connectivity index (χ0v) is 19.5. The quantitative estimate of drug-likeness (QED) is 0.228. The number of aromatic nitrogens is 4. The maximum Gasteiger partial charge on any atom is 0.416 e. The molecule has 4 rings (SSSR count). The lowest BCUT2D eigenvalue weighted by atomic mass is 9.98. The first-order valence-electron chi connectivity index (χ1n) is 10.9. The monoisotopic (exact) mass is 498 g/mol. The summed E-state index contributed by atoms with van der Waals surface area (Å²) in [6.45, 7) is 2.11. The molecule has 36 heavy (non-hydrogen) atoms. The van der Waals surface area contributed by atoms with Gasteiger partial charge in [0.05, 0.1) is 32.1 Å². The van der Waals surface area contributed by atoms with E-state index in [1.807, 2.05) is 30.3 Å². The van der Waals surface area contributed by atoms with Crippen LogP contribution in [-0.2, 0) is 17.5 Å². The number of methoxy groups -OCH3 is 1. The average Bonchev–Trinajstić information content (AvgIpc) is 3.34. The van der Waals surface area contributed by atoms with Gasteiger partial charge < -0.3 is 9.47 Å².